The fourth-order valence-electron chi connectivity index (χ4n) is 2.06. The van der Waals surface area contributed by atoms with E-state index in [-0.39, 0.29) is 12.1 Å². The maximum Gasteiger partial charge on any atom is 0.0785 e. The molecule has 0 aromatic heterocycles. The van der Waals surface area contributed by atoms with Gasteiger partial charge >= 0.3 is 0 Å². The van der Waals surface area contributed by atoms with Crippen LogP contribution in [0.15, 0.2) is 0 Å². The van der Waals surface area contributed by atoms with Crippen LogP contribution in [0.2, 0.25) is 0 Å². The highest BCUT2D eigenvalue weighted by atomic mass is 16.5. The summed E-state index contributed by atoms with van der Waals surface area (Å²) in [5, 5.41) is 22.4. The zero-order chi connectivity index (χ0) is 11.1. The molecular weight excluding hydrogens is 194 g/mol. The molecule has 3 N–H and O–H groups in total. The molecule has 1 aliphatic carbocycles. The molecule has 3 atom stereocenters. The molecule has 1 aliphatic rings. The summed E-state index contributed by atoms with van der Waals surface area (Å²) in [7, 11) is 1.58. The number of hydrogen-bond donors (Lipinski definition) is 3. The lowest BCUT2D eigenvalue weighted by molar-refractivity contribution is 0.0538. The summed E-state index contributed by atoms with van der Waals surface area (Å²) < 4.78 is 4.84. The number of nitrogens with one attached hydrogen (secondary N) is 1. The Balaban J connectivity index is 2.08. The Labute approximate surface area is 91.6 Å². The normalized spacial score (nSPS) is 29.0. The van der Waals surface area contributed by atoms with Gasteiger partial charge in [0.25, 0.3) is 0 Å². The summed E-state index contributed by atoms with van der Waals surface area (Å²) >= 11 is 0. The second kappa shape index (κ2) is 7.17. The number of aliphatic hydroxyl groups is 2. The fourth-order valence-corrected chi connectivity index (χ4v) is 2.06. The van der Waals surface area contributed by atoms with Crippen LogP contribution in [0.5, 0.6) is 0 Å². The lowest BCUT2D eigenvalue weighted by Crippen LogP contribution is -2.43. The molecule has 0 aromatic carbocycles. The average Bonchev–Trinajstić information content (AvgIpc) is 2.21. The van der Waals surface area contributed by atoms with Crippen LogP contribution in [-0.4, -0.2) is 48.7 Å². The Morgan fingerprint density at radius 3 is 2.80 bits per heavy atom. The monoisotopic (exact) mass is 217 g/mol. The summed E-state index contributed by atoms with van der Waals surface area (Å²) in [6, 6.07) is 0.216. The maximum absolute atomic E-state index is 9.69. The van der Waals surface area contributed by atoms with Crippen LogP contribution in [0.4, 0.5) is 0 Å². The van der Waals surface area contributed by atoms with Gasteiger partial charge in [0.05, 0.1) is 18.8 Å². The van der Waals surface area contributed by atoms with Crippen LogP contribution >= 0.6 is 0 Å². The van der Waals surface area contributed by atoms with Gasteiger partial charge in [-0.3, -0.25) is 0 Å². The van der Waals surface area contributed by atoms with Crippen molar-refractivity contribution in [1.29, 1.82) is 0 Å². The van der Waals surface area contributed by atoms with Gasteiger partial charge in [-0.1, -0.05) is 12.8 Å². The van der Waals surface area contributed by atoms with Crippen molar-refractivity contribution in [1.82, 2.24) is 5.32 Å². The molecule has 0 aliphatic heterocycles. The Morgan fingerprint density at radius 2 is 2.13 bits per heavy atom. The summed E-state index contributed by atoms with van der Waals surface area (Å²) in [4.78, 5) is 0. The predicted molar refractivity (Wildman–Crippen MR) is 58.8 cm³/mol. The molecular formula is C11H23NO3. The Kier molecular flexibility index (Phi) is 6.17. The van der Waals surface area contributed by atoms with Gasteiger partial charge in [-0.25, -0.2) is 0 Å². The molecule has 1 unspecified atom stereocenters. The predicted octanol–water partition coefficient (Wildman–Crippen LogP) is 0.277. The molecule has 0 radical (unpaired) electrons. The topological polar surface area (TPSA) is 61.7 Å². The van der Waals surface area contributed by atoms with E-state index in [2.05, 4.69) is 5.32 Å². The Morgan fingerprint density at radius 1 is 1.40 bits per heavy atom. The number of hydrogen-bond acceptors (Lipinski definition) is 4. The van der Waals surface area contributed by atoms with E-state index in [0.29, 0.717) is 13.0 Å². The molecule has 0 spiro atoms. The molecule has 1 rings (SSSR count). The quantitative estimate of drug-likeness (QED) is 0.598. The summed E-state index contributed by atoms with van der Waals surface area (Å²) in [5.41, 5.74) is 0. The van der Waals surface area contributed by atoms with Gasteiger partial charge in [0.2, 0.25) is 0 Å². The van der Waals surface area contributed by atoms with Crippen molar-refractivity contribution in [3.63, 3.8) is 0 Å². The Hall–Kier alpha value is -0.160. The Bertz CT molecular complexity index is 166. The SMILES string of the molecule is COCC(O)CCN[C@@H]1CCCC[C@H]1O. The standard InChI is InChI=1S/C11H23NO3/c1-15-8-9(13)6-7-12-10-4-2-3-5-11(10)14/h9-14H,2-8H2,1H3/t9?,10-,11-/m1/s1. The van der Waals surface area contributed by atoms with Crippen molar-refractivity contribution >= 4 is 0 Å². The van der Waals surface area contributed by atoms with Gasteiger partial charge in [0, 0.05) is 13.2 Å². The van der Waals surface area contributed by atoms with Gasteiger partial charge in [0.1, 0.15) is 0 Å². The zero-order valence-electron chi connectivity index (χ0n) is 9.48. The van der Waals surface area contributed by atoms with Crippen molar-refractivity contribution in [2.45, 2.75) is 50.4 Å². The molecule has 4 nitrogen and oxygen atoms in total. The third-order valence-corrected chi connectivity index (χ3v) is 2.97. The van der Waals surface area contributed by atoms with Crippen LogP contribution in [0.25, 0.3) is 0 Å². The van der Waals surface area contributed by atoms with Gasteiger partial charge in [-0.05, 0) is 25.8 Å². The first-order valence-electron chi connectivity index (χ1n) is 5.82. The summed E-state index contributed by atoms with van der Waals surface area (Å²) in [5.74, 6) is 0. The third kappa shape index (κ3) is 4.93. The van der Waals surface area contributed by atoms with Gasteiger partial charge in [-0.15, -0.1) is 0 Å². The first-order valence-corrected chi connectivity index (χ1v) is 5.82. The average molecular weight is 217 g/mol. The molecule has 0 aromatic rings. The number of ether oxygens (including phenoxy) is 1. The van der Waals surface area contributed by atoms with E-state index in [9.17, 15) is 10.2 Å². The second-order valence-electron chi connectivity index (χ2n) is 4.31. The first kappa shape index (κ1) is 12.9. The van der Waals surface area contributed by atoms with Crippen LogP contribution in [0.1, 0.15) is 32.1 Å². The zero-order valence-corrected chi connectivity index (χ0v) is 9.48. The van der Waals surface area contributed by atoms with Crippen LogP contribution in [0.3, 0.4) is 0 Å². The molecule has 90 valence electrons. The number of methoxy groups -OCH3 is 1. The lowest BCUT2D eigenvalue weighted by Gasteiger charge is -2.28. The van der Waals surface area contributed by atoms with Gasteiger partial charge in [-0.2, -0.15) is 0 Å². The van der Waals surface area contributed by atoms with Crippen molar-refractivity contribution in [2.75, 3.05) is 20.3 Å². The third-order valence-electron chi connectivity index (χ3n) is 2.97. The van der Waals surface area contributed by atoms with Crippen LogP contribution in [0, 0.1) is 0 Å². The van der Waals surface area contributed by atoms with E-state index >= 15 is 0 Å². The molecule has 0 bridgehead atoms. The highest BCUT2D eigenvalue weighted by Crippen LogP contribution is 2.18. The van der Waals surface area contributed by atoms with E-state index in [1.807, 2.05) is 0 Å². The van der Waals surface area contributed by atoms with E-state index in [4.69, 9.17) is 4.74 Å². The van der Waals surface area contributed by atoms with Crippen LogP contribution in [-0.2, 0) is 4.74 Å². The van der Waals surface area contributed by atoms with Gasteiger partial charge < -0.3 is 20.3 Å². The lowest BCUT2D eigenvalue weighted by atomic mass is 9.92. The van der Waals surface area contributed by atoms with E-state index in [1.165, 1.54) is 6.42 Å². The molecule has 4 heteroatoms. The molecule has 1 fully saturated rings. The summed E-state index contributed by atoms with van der Waals surface area (Å²) in [6.45, 7) is 1.13. The smallest absolute Gasteiger partial charge is 0.0785 e. The van der Waals surface area contributed by atoms with Crippen molar-refractivity contribution in [3.05, 3.63) is 0 Å². The minimum atomic E-state index is -0.400. The van der Waals surface area contributed by atoms with E-state index in [1.54, 1.807) is 7.11 Å². The molecule has 15 heavy (non-hydrogen) atoms. The minimum Gasteiger partial charge on any atom is -0.392 e. The fraction of sp³-hybridized carbons (Fsp3) is 1.00. The van der Waals surface area contributed by atoms with Crippen molar-refractivity contribution in [3.8, 4) is 0 Å². The maximum atomic E-state index is 9.69. The molecule has 0 heterocycles. The largest absolute Gasteiger partial charge is 0.392 e. The highest BCUT2D eigenvalue weighted by Gasteiger charge is 2.22. The van der Waals surface area contributed by atoms with E-state index in [0.717, 1.165) is 25.8 Å². The molecule has 0 saturated heterocycles. The summed E-state index contributed by atoms with van der Waals surface area (Å²) in [6.07, 6.45) is 4.33. The van der Waals surface area contributed by atoms with Gasteiger partial charge in [0.15, 0.2) is 0 Å². The first-order chi connectivity index (χ1) is 7.24. The second-order valence-corrected chi connectivity index (χ2v) is 4.31. The van der Waals surface area contributed by atoms with Crippen molar-refractivity contribution in [2.24, 2.45) is 0 Å². The molecule has 0 amide bonds. The number of aliphatic hydroxyl groups excluding tert-OH is 2. The number of rotatable bonds is 6. The highest BCUT2D eigenvalue weighted by molar-refractivity contribution is 4.80. The van der Waals surface area contributed by atoms with E-state index < -0.39 is 6.10 Å². The van der Waals surface area contributed by atoms with Crippen molar-refractivity contribution < 1.29 is 14.9 Å². The van der Waals surface area contributed by atoms with Crippen LogP contribution < -0.4 is 5.32 Å². The minimum absolute atomic E-state index is 0.210. The molecule has 1 saturated carbocycles.